The highest BCUT2D eigenvalue weighted by Gasteiger charge is 2.03. The summed E-state index contributed by atoms with van der Waals surface area (Å²) in [5, 5.41) is 0. The first-order valence-electron chi connectivity index (χ1n) is 3.76. The highest BCUT2D eigenvalue weighted by atomic mass is 127. The van der Waals surface area contributed by atoms with E-state index in [1.165, 1.54) is 0 Å². The zero-order valence-corrected chi connectivity index (χ0v) is 9.09. The number of hydrogen-bond acceptors (Lipinski definition) is 1. The van der Waals surface area contributed by atoms with Gasteiger partial charge in [-0.25, -0.2) is 0 Å². The van der Waals surface area contributed by atoms with Gasteiger partial charge in [-0.2, -0.15) is 0 Å². The SMILES string of the molecule is CC/C=C/[C@H](C)CC(=O)NI. The molecule has 0 unspecified atom stereocenters. The standard InChI is InChI=1S/C8H14INO/c1-3-4-5-7(2)6-8(11)10-9/h4-5,7H,3,6H2,1-2H3,(H,10,11)/b5-4+/t7-/m0/s1. The van der Waals surface area contributed by atoms with Crippen molar-refractivity contribution in [2.75, 3.05) is 0 Å². The van der Waals surface area contributed by atoms with E-state index < -0.39 is 0 Å². The largest absolute Gasteiger partial charge is 0.299 e. The molecule has 2 nitrogen and oxygen atoms in total. The van der Waals surface area contributed by atoms with Crippen LogP contribution in [0, 0.1) is 5.92 Å². The molecule has 0 saturated carbocycles. The maximum atomic E-state index is 10.8. The molecule has 0 radical (unpaired) electrons. The summed E-state index contributed by atoms with van der Waals surface area (Å²) in [5.41, 5.74) is 0. The van der Waals surface area contributed by atoms with Crippen LogP contribution >= 0.6 is 22.9 Å². The molecule has 0 aromatic heterocycles. The van der Waals surface area contributed by atoms with E-state index >= 15 is 0 Å². The van der Waals surface area contributed by atoms with Crippen molar-refractivity contribution in [3.05, 3.63) is 12.2 Å². The van der Waals surface area contributed by atoms with Gasteiger partial charge in [0.1, 0.15) is 0 Å². The third-order valence-electron chi connectivity index (χ3n) is 1.31. The van der Waals surface area contributed by atoms with Crippen LogP contribution in [0.1, 0.15) is 26.7 Å². The number of allylic oxidation sites excluding steroid dienone is 2. The molecule has 0 aliphatic heterocycles. The van der Waals surface area contributed by atoms with Crippen molar-refractivity contribution in [2.45, 2.75) is 26.7 Å². The number of halogens is 1. The van der Waals surface area contributed by atoms with E-state index in [0.717, 1.165) is 6.42 Å². The van der Waals surface area contributed by atoms with Crippen molar-refractivity contribution >= 4 is 28.8 Å². The van der Waals surface area contributed by atoms with Crippen molar-refractivity contribution in [2.24, 2.45) is 5.92 Å². The molecule has 0 fully saturated rings. The van der Waals surface area contributed by atoms with E-state index in [2.05, 4.69) is 22.6 Å². The molecule has 3 heteroatoms. The molecule has 0 heterocycles. The lowest BCUT2D eigenvalue weighted by Crippen LogP contribution is -2.13. The predicted molar refractivity (Wildman–Crippen MR) is 55.4 cm³/mol. The second-order valence-corrected chi connectivity index (χ2v) is 3.07. The average Bonchev–Trinajstić information content (AvgIpc) is 2.00. The van der Waals surface area contributed by atoms with Gasteiger partial charge in [0, 0.05) is 6.42 Å². The minimum atomic E-state index is 0.0962. The Balaban J connectivity index is 3.59. The van der Waals surface area contributed by atoms with E-state index in [0.29, 0.717) is 12.3 Å². The molecular weight excluding hydrogens is 253 g/mol. The Morgan fingerprint density at radius 2 is 2.36 bits per heavy atom. The summed E-state index contributed by atoms with van der Waals surface area (Å²) in [6.07, 6.45) is 5.78. The van der Waals surface area contributed by atoms with Crippen LogP contribution in [0.5, 0.6) is 0 Å². The van der Waals surface area contributed by atoms with Crippen molar-refractivity contribution in [3.8, 4) is 0 Å². The van der Waals surface area contributed by atoms with E-state index in [9.17, 15) is 4.79 Å². The lowest BCUT2D eigenvalue weighted by Gasteiger charge is -2.02. The predicted octanol–water partition coefficient (Wildman–Crippen LogP) is 2.45. The summed E-state index contributed by atoms with van der Waals surface area (Å²) in [7, 11) is 0. The molecule has 0 aliphatic rings. The Hall–Kier alpha value is -0.0600. The van der Waals surface area contributed by atoms with Gasteiger partial charge in [-0.05, 0) is 12.3 Å². The first-order valence-corrected chi connectivity index (χ1v) is 4.84. The zero-order chi connectivity index (χ0) is 8.69. The second-order valence-electron chi connectivity index (χ2n) is 2.54. The molecule has 1 atom stereocenters. The fourth-order valence-electron chi connectivity index (χ4n) is 0.767. The summed E-state index contributed by atoms with van der Waals surface area (Å²) in [6.45, 7) is 4.12. The second kappa shape index (κ2) is 6.64. The number of nitrogens with one attached hydrogen (secondary N) is 1. The third-order valence-corrected chi connectivity index (χ3v) is 1.91. The number of carbonyl (C=O) groups excluding carboxylic acids is 1. The highest BCUT2D eigenvalue weighted by molar-refractivity contribution is 14.1. The Morgan fingerprint density at radius 3 is 2.82 bits per heavy atom. The topological polar surface area (TPSA) is 29.1 Å². The molecule has 0 bridgehead atoms. The summed E-state index contributed by atoms with van der Waals surface area (Å²) in [6, 6.07) is 0. The molecule has 0 spiro atoms. The molecule has 64 valence electrons. The van der Waals surface area contributed by atoms with Crippen LogP contribution in [0.4, 0.5) is 0 Å². The summed E-state index contributed by atoms with van der Waals surface area (Å²) in [4.78, 5) is 10.8. The molecule has 1 amide bonds. The molecule has 1 N–H and O–H groups in total. The molecule has 0 aromatic rings. The molecule has 11 heavy (non-hydrogen) atoms. The van der Waals surface area contributed by atoms with Gasteiger partial charge in [0.25, 0.3) is 0 Å². The summed E-state index contributed by atoms with van der Waals surface area (Å²) < 4.78 is 2.57. The molecular formula is C8H14INO. The van der Waals surface area contributed by atoms with Crippen LogP contribution in [0.25, 0.3) is 0 Å². The van der Waals surface area contributed by atoms with Gasteiger partial charge in [0.2, 0.25) is 5.91 Å². The van der Waals surface area contributed by atoms with Gasteiger partial charge >= 0.3 is 0 Å². The fraction of sp³-hybridized carbons (Fsp3) is 0.625. The van der Waals surface area contributed by atoms with Gasteiger partial charge in [-0.15, -0.1) is 0 Å². The Labute approximate surface area is 81.9 Å². The van der Waals surface area contributed by atoms with Crippen LogP contribution in [0.2, 0.25) is 0 Å². The van der Waals surface area contributed by atoms with Gasteiger partial charge < -0.3 is 0 Å². The van der Waals surface area contributed by atoms with Crippen molar-refractivity contribution in [3.63, 3.8) is 0 Å². The number of carbonyl (C=O) groups is 1. The van der Waals surface area contributed by atoms with Gasteiger partial charge in [-0.3, -0.25) is 8.32 Å². The highest BCUT2D eigenvalue weighted by Crippen LogP contribution is 2.04. The lowest BCUT2D eigenvalue weighted by atomic mass is 10.1. The van der Waals surface area contributed by atoms with Crippen LogP contribution in [-0.4, -0.2) is 5.91 Å². The summed E-state index contributed by atoms with van der Waals surface area (Å²) >= 11 is 1.86. The minimum absolute atomic E-state index is 0.0962. The van der Waals surface area contributed by atoms with Crippen molar-refractivity contribution < 1.29 is 4.79 Å². The molecule has 0 aromatic carbocycles. The first-order chi connectivity index (χ1) is 5.20. The zero-order valence-electron chi connectivity index (χ0n) is 6.93. The van der Waals surface area contributed by atoms with E-state index in [-0.39, 0.29) is 5.91 Å². The first kappa shape index (κ1) is 10.9. The fourth-order valence-corrected chi connectivity index (χ4v) is 0.988. The van der Waals surface area contributed by atoms with Crippen LogP contribution in [0.3, 0.4) is 0 Å². The Morgan fingerprint density at radius 1 is 1.73 bits per heavy atom. The molecule has 0 aliphatic carbocycles. The van der Waals surface area contributed by atoms with E-state index in [1.807, 2.05) is 29.8 Å². The van der Waals surface area contributed by atoms with Crippen LogP contribution < -0.4 is 3.53 Å². The van der Waals surface area contributed by atoms with Crippen molar-refractivity contribution in [1.82, 2.24) is 3.53 Å². The van der Waals surface area contributed by atoms with Gasteiger partial charge in [0.15, 0.2) is 0 Å². The minimum Gasteiger partial charge on any atom is -0.299 e. The number of amides is 1. The maximum Gasteiger partial charge on any atom is 0.229 e. The Bertz CT molecular complexity index is 145. The maximum absolute atomic E-state index is 10.8. The third kappa shape index (κ3) is 6.34. The quantitative estimate of drug-likeness (QED) is 0.473. The number of hydrogen-bond donors (Lipinski definition) is 1. The van der Waals surface area contributed by atoms with Gasteiger partial charge in [-0.1, -0.05) is 26.0 Å². The lowest BCUT2D eigenvalue weighted by molar-refractivity contribution is -0.119. The smallest absolute Gasteiger partial charge is 0.229 e. The van der Waals surface area contributed by atoms with Crippen LogP contribution in [-0.2, 0) is 4.79 Å². The van der Waals surface area contributed by atoms with Gasteiger partial charge in [0.05, 0.1) is 22.9 Å². The summed E-state index contributed by atoms with van der Waals surface area (Å²) in [5.74, 6) is 0.448. The monoisotopic (exact) mass is 267 g/mol. The van der Waals surface area contributed by atoms with E-state index in [4.69, 9.17) is 0 Å². The van der Waals surface area contributed by atoms with Crippen LogP contribution in [0.15, 0.2) is 12.2 Å². The van der Waals surface area contributed by atoms with E-state index in [1.54, 1.807) is 0 Å². The number of rotatable bonds is 4. The Kier molecular flexibility index (Phi) is 6.60. The molecule has 0 rings (SSSR count). The molecule has 0 saturated heterocycles. The average molecular weight is 267 g/mol. The van der Waals surface area contributed by atoms with Crippen molar-refractivity contribution in [1.29, 1.82) is 0 Å². The normalized spacial score (nSPS) is 13.4.